The highest BCUT2D eigenvalue weighted by molar-refractivity contribution is 7.92. The summed E-state index contributed by atoms with van der Waals surface area (Å²) in [7, 11) is -0.824. The summed E-state index contributed by atoms with van der Waals surface area (Å²) in [5.41, 5.74) is 0.0713. The van der Waals surface area contributed by atoms with Crippen molar-refractivity contribution < 1.29 is 18.3 Å². The van der Waals surface area contributed by atoms with E-state index in [0.29, 0.717) is 5.75 Å². The Balaban J connectivity index is 2.34. The van der Waals surface area contributed by atoms with Gasteiger partial charge in [0.05, 0.1) is 19.0 Å². The average Bonchev–Trinajstić information content (AvgIpc) is 2.79. The second kappa shape index (κ2) is 4.81. The van der Waals surface area contributed by atoms with Gasteiger partial charge in [-0.15, -0.1) is 0 Å². The van der Waals surface area contributed by atoms with Gasteiger partial charge in [0.2, 0.25) is 0 Å². The molecule has 0 atom stereocenters. The fourth-order valence-corrected chi connectivity index (χ4v) is 2.75. The topological polar surface area (TPSA) is 93.5 Å². The minimum absolute atomic E-state index is 0.00252. The second-order valence-electron chi connectivity index (χ2n) is 3.78. The van der Waals surface area contributed by atoms with E-state index < -0.39 is 10.0 Å². The van der Waals surface area contributed by atoms with Crippen LogP contribution in [0, 0.1) is 0 Å². The Morgan fingerprint density at radius 1 is 1.37 bits per heavy atom. The van der Waals surface area contributed by atoms with E-state index in [1.165, 1.54) is 43.2 Å². The molecule has 0 saturated carbocycles. The fourth-order valence-electron chi connectivity index (χ4n) is 1.55. The normalized spacial score (nSPS) is 11.3. The van der Waals surface area contributed by atoms with E-state index >= 15 is 0 Å². The Bertz CT molecular complexity index is 694. The molecule has 1 aromatic heterocycles. The van der Waals surface area contributed by atoms with Crippen LogP contribution in [0.3, 0.4) is 0 Å². The molecule has 1 heterocycles. The van der Waals surface area contributed by atoms with Gasteiger partial charge in [0.15, 0.2) is 5.03 Å². The van der Waals surface area contributed by atoms with Crippen molar-refractivity contribution in [1.29, 1.82) is 0 Å². The van der Waals surface area contributed by atoms with Crippen LogP contribution < -0.4 is 9.46 Å². The molecule has 0 fully saturated rings. The Morgan fingerprint density at radius 3 is 2.63 bits per heavy atom. The maximum atomic E-state index is 12.1. The number of phenolic OH excluding ortho intramolecular Hbond substituents is 1. The van der Waals surface area contributed by atoms with E-state index in [4.69, 9.17) is 4.74 Å². The maximum Gasteiger partial charge on any atom is 0.279 e. The summed E-state index contributed by atoms with van der Waals surface area (Å²) in [4.78, 5) is 0. The standard InChI is InChI=1S/C11H13N3O4S/c1-14-11(5-6-12-14)19(16,17)13-9-4-3-8(18-2)7-10(9)15/h3-7,13,15H,1-2H3. The van der Waals surface area contributed by atoms with Crippen LogP contribution in [0.15, 0.2) is 35.5 Å². The van der Waals surface area contributed by atoms with Crippen molar-refractivity contribution in [1.82, 2.24) is 9.78 Å². The number of rotatable bonds is 4. The van der Waals surface area contributed by atoms with Crippen molar-refractivity contribution in [3.8, 4) is 11.5 Å². The zero-order chi connectivity index (χ0) is 14.0. The van der Waals surface area contributed by atoms with Crippen LogP contribution in [0.5, 0.6) is 11.5 Å². The highest BCUT2D eigenvalue weighted by atomic mass is 32.2. The molecule has 0 saturated heterocycles. The Labute approximate surface area is 110 Å². The SMILES string of the molecule is COc1ccc(NS(=O)(=O)c2ccnn2C)c(O)c1. The number of nitrogens with zero attached hydrogens (tertiary/aromatic N) is 2. The van der Waals surface area contributed by atoms with Crippen LogP contribution in [0.2, 0.25) is 0 Å². The molecule has 0 bridgehead atoms. The van der Waals surface area contributed by atoms with Crippen LogP contribution in [-0.2, 0) is 17.1 Å². The third-order valence-corrected chi connectivity index (χ3v) is 3.94. The quantitative estimate of drug-likeness (QED) is 0.814. The van der Waals surface area contributed by atoms with E-state index in [9.17, 15) is 13.5 Å². The van der Waals surface area contributed by atoms with Crippen molar-refractivity contribution in [2.24, 2.45) is 7.05 Å². The third-order valence-electron chi connectivity index (χ3n) is 2.50. The predicted octanol–water partition coefficient (Wildman–Crippen LogP) is 0.935. The van der Waals surface area contributed by atoms with E-state index in [1.807, 2.05) is 0 Å². The summed E-state index contributed by atoms with van der Waals surface area (Å²) >= 11 is 0. The number of aromatic nitrogens is 2. The van der Waals surface area contributed by atoms with Gasteiger partial charge in [-0.05, 0) is 18.2 Å². The third kappa shape index (κ3) is 2.63. The monoisotopic (exact) mass is 283 g/mol. The van der Waals surface area contributed by atoms with Crippen LogP contribution in [0.25, 0.3) is 0 Å². The van der Waals surface area contributed by atoms with E-state index in [2.05, 4.69) is 9.82 Å². The van der Waals surface area contributed by atoms with Gasteiger partial charge in [-0.25, -0.2) is 0 Å². The van der Waals surface area contributed by atoms with Gasteiger partial charge >= 0.3 is 0 Å². The lowest BCUT2D eigenvalue weighted by atomic mass is 10.3. The van der Waals surface area contributed by atoms with Crippen molar-refractivity contribution in [2.75, 3.05) is 11.8 Å². The van der Waals surface area contributed by atoms with Crippen molar-refractivity contribution in [2.45, 2.75) is 5.03 Å². The molecule has 0 aliphatic rings. The number of nitrogens with one attached hydrogen (secondary N) is 1. The molecule has 0 aliphatic heterocycles. The molecule has 7 nitrogen and oxygen atoms in total. The molecule has 2 N–H and O–H groups in total. The number of anilines is 1. The van der Waals surface area contributed by atoms with Gasteiger partial charge in [0, 0.05) is 13.1 Å². The first-order chi connectivity index (χ1) is 8.94. The van der Waals surface area contributed by atoms with Crippen molar-refractivity contribution in [3.63, 3.8) is 0 Å². The second-order valence-corrected chi connectivity index (χ2v) is 5.41. The Kier molecular flexibility index (Phi) is 3.34. The number of hydrogen-bond acceptors (Lipinski definition) is 5. The summed E-state index contributed by atoms with van der Waals surface area (Å²) < 4.78 is 32.6. The van der Waals surface area contributed by atoms with Crippen LogP contribution in [0.4, 0.5) is 5.69 Å². The highest BCUT2D eigenvalue weighted by Crippen LogP contribution is 2.29. The first kappa shape index (κ1) is 13.2. The van der Waals surface area contributed by atoms with Crippen molar-refractivity contribution >= 4 is 15.7 Å². The van der Waals surface area contributed by atoms with Gasteiger partial charge in [0.1, 0.15) is 11.5 Å². The first-order valence-electron chi connectivity index (χ1n) is 5.32. The van der Waals surface area contributed by atoms with Gasteiger partial charge in [-0.3, -0.25) is 9.40 Å². The predicted molar refractivity (Wildman–Crippen MR) is 68.7 cm³/mol. The zero-order valence-electron chi connectivity index (χ0n) is 10.4. The molecule has 19 heavy (non-hydrogen) atoms. The number of aromatic hydroxyl groups is 1. The highest BCUT2D eigenvalue weighted by Gasteiger charge is 2.19. The maximum absolute atomic E-state index is 12.1. The van der Waals surface area contributed by atoms with E-state index in [0.717, 1.165) is 0 Å². The van der Waals surface area contributed by atoms with E-state index in [-0.39, 0.29) is 16.5 Å². The summed E-state index contributed by atoms with van der Waals surface area (Å²) in [6.45, 7) is 0. The number of ether oxygens (including phenoxy) is 1. The minimum atomic E-state index is -3.79. The molecule has 0 unspecified atom stereocenters. The zero-order valence-corrected chi connectivity index (χ0v) is 11.2. The Hall–Kier alpha value is -2.22. The number of sulfonamides is 1. The van der Waals surface area contributed by atoms with Crippen LogP contribution >= 0.6 is 0 Å². The smallest absolute Gasteiger partial charge is 0.279 e. The largest absolute Gasteiger partial charge is 0.506 e. The number of aryl methyl sites for hydroxylation is 1. The summed E-state index contributed by atoms with van der Waals surface area (Å²) in [6.07, 6.45) is 1.38. The molecule has 2 aromatic rings. The minimum Gasteiger partial charge on any atom is -0.506 e. The number of benzene rings is 1. The summed E-state index contributed by atoms with van der Waals surface area (Å²) in [5.74, 6) is 0.214. The van der Waals surface area contributed by atoms with Crippen LogP contribution in [0.1, 0.15) is 0 Å². The number of methoxy groups -OCH3 is 1. The van der Waals surface area contributed by atoms with Gasteiger partial charge in [0.25, 0.3) is 10.0 Å². The van der Waals surface area contributed by atoms with Gasteiger partial charge in [-0.1, -0.05) is 0 Å². The molecule has 102 valence electrons. The lowest BCUT2D eigenvalue weighted by Crippen LogP contribution is -2.16. The van der Waals surface area contributed by atoms with E-state index in [1.54, 1.807) is 6.07 Å². The molecular weight excluding hydrogens is 270 g/mol. The molecule has 2 rings (SSSR count). The summed E-state index contributed by atoms with van der Waals surface area (Å²) in [6, 6.07) is 5.65. The molecule has 8 heteroatoms. The van der Waals surface area contributed by atoms with Crippen LogP contribution in [-0.4, -0.2) is 30.4 Å². The molecule has 0 radical (unpaired) electrons. The van der Waals surface area contributed by atoms with Gasteiger partial charge in [-0.2, -0.15) is 13.5 Å². The molecule has 0 amide bonds. The average molecular weight is 283 g/mol. The lowest BCUT2D eigenvalue weighted by molar-refractivity contribution is 0.408. The number of phenols is 1. The fraction of sp³-hybridized carbons (Fsp3) is 0.182. The summed E-state index contributed by atoms with van der Waals surface area (Å²) in [5, 5.41) is 13.5. The number of hydrogen-bond donors (Lipinski definition) is 2. The molecule has 0 spiro atoms. The van der Waals surface area contributed by atoms with Gasteiger partial charge < -0.3 is 9.84 Å². The first-order valence-corrected chi connectivity index (χ1v) is 6.80. The van der Waals surface area contributed by atoms with Crippen molar-refractivity contribution in [3.05, 3.63) is 30.5 Å². The Morgan fingerprint density at radius 2 is 2.11 bits per heavy atom. The molecule has 1 aromatic carbocycles. The molecule has 0 aliphatic carbocycles. The molecular formula is C11H13N3O4S. The lowest BCUT2D eigenvalue weighted by Gasteiger charge is -2.10.